The molecule has 3 rings (SSSR count). The molecule has 30 heavy (non-hydrogen) atoms. The van der Waals surface area contributed by atoms with Crippen LogP contribution in [-0.2, 0) is 14.4 Å². The van der Waals surface area contributed by atoms with Crippen molar-refractivity contribution in [3.05, 3.63) is 53.6 Å². The van der Waals surface area contributed by atoms with E-state index in [0.29, 0.717) is 11.4 Å². The number of carbonyl (C=O) groups is 3. The van der Waals surface area contributed by atoms with Crippen LogP contribution >= 0.6 is 0 Å². The standard InChI is InChI=1S/C23H27N3O4/c1-15-8-7-9-18(16(15)2)24-21(27)14-25(4)22(28)12-13-26-19-10-5-6-11-20(19)30-17(3)23(26)29/h5-11,17H,12-14H2,1-4H3,(H,24,27). The van der Waals surface area contributed by atoms with Gasteiger partial charge < -0.3 is 19.9 Å². The molecule has 1 atom stereocenters. The van der Waals surface area contributed by atoms with Gasteiger partial charge >= 0.3 is 0 Å². The molecule has 1 N–H and O–H groups in total. The Morgan fingerprint density at radius 3 is 2.63 bits per heavy atom. The largest absolute Gasteiger partial charge is 0.479 e. The molecule has 1 aliphatic heterocycles. The van der Waals surface area contributed by atoms with E-state index in [0.717, 1.165) is 16.8 Å². The maximum absolute atomic E-state index is 12.6. The summed E-state index contributed by atoms with van der Waals surface area (Å²) in [7, 11) is 1.59. The van der Waals surface area contributed by atoms with Gasteiger partial charge in [-0.05, 0) is 50.1 Å². The third kappa shape index (κ3) is 4.62. The number of nitrogens with one attached hydrogen (secondary N) is 1. The SMILES string of the molecule is Cc1cccc(NC(=O)CN(C)C(=O)CCN2C(=O)C(C)Oc3ccccc32)c1C. The molecule has 1 unspecified atom stereocenters. The molecule has 0 saturated heterocycles. The number of hydrogen-bond acceptors (Lipinski definition) is 4. The van der Waals surface area contributed by atoms with Crippen molar-refractivity contribution in [1.82, 2.24) is 4.90 Å². The zero-order chi connectivity index (χ0) is 21.8. The van der Waals surface area contributed by atoms with Gasteiger partial charge in [0.05, 0.1) is 12.2 Å². The number of amides is 3. The zero-order valence-electron chi connectivity index (χ0n) is 17.8. The number of nitrogens with zero attached hydrogens (tertiary/aromatic N) is 2. The number of likely N-dealkylation sites (N-methyl/N-ethyl adjacent to an activating group) is 1. The molecule has 3 amide bonds. The first-order valence-electron chi connectivity index (χ1n) is 9.95. The first kappa shape index (κ1) is 21.4. The highest BCUT2D eigenvalue weighted by Crippen LogP contribution is 2.33. The van der Waals surface area contributed by atoms with Crippen molar-refractivity contribution in [2.45, 2.75) is 33.3 Å². The minimum absolute atomic E-state index is 0.0593. The van der Waals surface area contributed by atoms with Gasteiger partial charge in [0.1, 0.15) is 5.75 Å². The highest BCUT2D eigenvalue weighted by molar-refractivity contribution is 6.00. The van der Waals surface area contributed by atoms with Gasteiger partial charge in [0.25, 0.3) is 5.91 Å². The van der Waals surface area contributed by atoms with Gasteiger partial charge in [0, 0.05) is 25.7 Å². The van der Waals surface area contributed by atoms with E-state index in [9.17, 15) is 14.4 Å². The molecular formula is C23H27N3O4. The van der Waals surface area contributed by atoms with Crippen LogP contribution in [0.15, 0.2) is 42.5 Å². The lowest BCUT2D eigenvalue weighted by Crippen LogP contribution is -2.46. The summed E-state index contributed by atoms with van der Waals surface area (Å²) in [6.07, 6.45) is -0.490. The van der Waals surface area contributed by atoms with Crippen LogP contribution in [0.1, 0.15) is 24.5 Å². The molecule has 158 valence electrons. The van der Waals surface area contributed by atoms with Crippen molar-refractivity contribution in [2.75, 3.05) is 30.4 Å². The van der Waals surface area contributed by atoms with Gasteiger partial charge in [-0.3, -0.25) is 14.4 Å². The summed E-state index contributed by atoms with van der Waals surface area (Å²) in [5.41, 5.74) is 3.48. The van der Waals surface area contributed by atoms with Crippen LogP contribution in [0.2, 0.25) is 0 Å². The van der Waals surface area contributed by atoms with Crippen molar-refractivity contribution < 1.29 is 19.1 Å². The monoisotopic (exact) mass is 409 g/mol. The smallest absolute Gasteiger partial charge is 0.267 e. The number of para-hydroxylation sites is 2. The Kier molecular flexibility index (Phi) is 6.40. The zero-order valence-corrected chi connectivity index (χ0v) is 17.8. The summed E-state index contributed by atoms with van der Waals surface area (Å²) >= 11 is 0. The molecule has 0 aromatic heterocycles. The number of aryl methyl sites for hydroxylation is 1. The van der Waals surface area contributed by atoms with E-state index < -0.39 is 6.10 Å². The van der Waals surface area contributed by atoms with Gasteiger partial charge in [-0.15, -0.1) is 0 Å². The molecule has 0 spiro atoms. The van der Waals surface area contributed by atoms with Gasteiger partial charge in [0.15, 0.2) is 6.10 Å². The number of fused-ring (bicyclic) bond motifs is 1. The predicted octanol–water partition coefficient (Wildman–Crippen LogP) is 2.90. The van der Waals surface area contributed by atoms with Crippen LogP contribution < -0.4 is 15.0 Å². The maximum Gasteiger partial charge on any atom is 0.267 e. The molecule has 1 aliphatic rings. The Morgan fingerprint density at radius 1 is 1.13 bits per heavy atom. The summed E-state index contributed by atoms with van der Waals surface area (Å²) in [6.45, 7) is 5.78. The average Bonchev–Trinajstić information content (AvgIpc) is 2.71. The molecule has 7 nitrogen and oxygen atoms in total. The second-order valence-corrected chi connectivity index (χ2v) is 7.51. The fourth-order valence-corrected chi connectivity index (χ4v) is 3.37. The topological polar surface area (TPSA) is 79.0 Å². The minimum atomic E-state index is -0.601. The van der Waals surface area contributed by atoms with Gasteiger partial charge in [-0.2, -0.15) is 0 Å². The Morgan fingerprint density at radius 2 is 1.87 bits per heavy atom. The molecular weight excluding hydrogens is 382 g/mol. The molecule has 2 aromatic carbocycles. The highest BCUT2D eigenvalue weighted by Gasteiger charge is 2.31. The Hall–Kier alpha value is -3.35. The van der Waals surface area contributed by atoms with E-state index in [2.05, 4.69) is 5.32 Å². The lowest BCUT2D eigenvalue weighted by Gasteiger charge is -2.33. The van der Waals surface area contributed by atoms with E-state index >= 15 is 0 Å². The number of rotatable bonds is 6. The van der Waals surface area contributed by atoms with Crippen LogP contribution in [0.3, 0.4) is 0 Å². The van der Waals surface area contributed by atoms with Crippen molar-refractivity contribution in [1.29, 1.82) is 0 Å². The highest BCUT2D eigenvalue weighted by atomic mass is 16.5. The van der Waals surface area contributed by atoms with Crippen LogP contribution in [0.4, 0.5) is 11.4 Å². The van der Waals surface area contributed by atoms with E-state index in [1.54, 1.807) is 31.0 Å². The van der Waals surface area contributed by atoms with Crippen molar-refractivity contribution in [3.63, 3.8) is 0 Å². The lowest BCUT2D eigenvalue weighted by molar-refractivity contribution is -0.133. The molecule has 7 heteroatoms. The number of benzene rings is 2. The molecule has 0 fully saturated rings. The van der Waals surface area contributed by atoms with Gasteiger partial charge in [-0.25, -0.2) is 0 Å². The second-order valence-electron chi connectivity index (χ2n) is 7.51. The van der Waals surface area contributed by atoms with Crippen molar-refractivity contribution >= 4 is 29.1 Å². The van der Waals surface area contributed by atoms with E-state index in [4.69, 9.17) is 4.74 Å². The van der Waals surface area contributed by atoms with Crippen LogP contribution in [-0.4, -0.2) is 48.9 Å². The van der Waals surface area contributed by atoms with Crippen LogP contribution in [0, 0.1) is 13.8 Å². The third-order valence-electron chi connectivity index (χ3n) is 5.31. The summed E-state index contributed by atoms with van der Waals surface area (Å²) < 4.78 is 5.62. The van der Waals surface area contributed by atoms with Crippen molar-refractivity contribution in [3.8, 4) is 5.75 Å². The second kappa shape index (κ2) is 8.98. The fourth-order valence-electron chi connectivity index (χ4n) is 3.37. The lowest BCUT2D eigenvalue weighted by atomic mass is 10.1. The van der Waals surface area contributed by atoms with E-state index in [1.165, 1.54) is 4.90 Å². The molecule has 0 radical (unpaired) electrons. The maximum atomic E-state index is 12.6. The molecule has 0 bridgehead atoms. The third-order valence-corrected chi connectivity index (χ3v) is 5.31. The number of hydrogen-bond donors (Lipinski definition) is 1. The van der Waals surface area contributed by atoms with Crippen molar-refractivity contribution in [2.24, 2.45) is 0 Å². The van der Waals surface area contributed by atoms with Gasteiger partial charge in [-0.1, -0.05) is 24.3 Å². The number of carbonyl (C=O) groups excluding carboxylic acids is 3. The Bertz CT molecular complexity index is 973. The van der Waals surface area contributed by atoms with Gasteiger partial charge in [0.2, 0.25) is 11.8 Å². The summed E-state index contributed by atoms with van der Waals surface area (Å²) in [4.78, 5) is 40.4. The molecule has 1 heterocycles. The molecule has 2 aromatic rings. The number of anilines is 2. The number of ether oxygens (including phenoxy) is 1. The Labute approximate surface area is 176 Å². The summed E-state index contributed by atoms with van der Waals surface area (Å²) in [5, 5.41) is 2.85. The Balaban J connectivity index is 1.57. The van der Waals surface area contributed by atoms with Crippen LogP contribution in [0.25, 0.3) is 0 Å². The quantitative estimate of drug-likeness (QED) is 0.796. The minimum Gasteiger partial charge on any atom is -0.479 e. The predicted molar refractivity (Wildman–Crippen MR) is 116 cm³/mol. The summed E-state index contributed by atoms with van der Waals surface area (Å²) in [5.74, 6) is -0.0355. The fraction of sp³-hybridized carbons (Fsp3) is 0.348. The average molecular weight is 409 g/mol. The van der Waals surface area contributed by atoms with Crippen LogP contribution in [0.5, 0.6) is 5.75 Å². The molecule has 0 saturated carbocycles. The first-order chi connectivity index (χ1) is 14.3. The summed E-state index contributed by atoms with van der Waals surface area (Å²) in [6, 6.07) is 13.0. The molecule has 0 aliphatic carbocycles. The van der Waals surface area contributed by atoms with E-state index in [1.807, 2.05) is 44.2 Å². The van der Waals surface area contributed by atoms with E-state index in [-0.39, 0.29) is 37.2 Å². The normalized spacial score (nSPS) is 15.3. The first-order valence-corrected chi connectivity index (χ1v) is 9.95.